The molecule has 0 saturated heterocycles. The van der Waals surface area contributed by atoms with Crippen LogP contribution >= 0.6 is 0 Å². The maximum atomic E-state index is 4.64. The molecule has 0 atom stereocenters. The Morgan fingerprint density at radius 3 is 1.41 bits per heavy atom. The maximum absolute atomic E-state index is 4.64. The minimum Gasteiger partial charge on any atom is -0.260 e. The van der Waals surface area contributed by atoms with Crippen molar-refractivity contribution in [3.05, 3.63) is 71.6 Å². The number of aromatic nitrogens is 4. The Bertz CT molecular complexity index is 730. The molecular weight excluding hydrogens is 272 g/mol. The summed E-state index contributed by atoms with van der Waals surface area (Å²) in [7, 11) is 0. The zero-order chi connectivity index (χ0) is 15.9. The summed E-state index contributed by atoms with van der Waals surface area (Å²) >= 11 is 0. The Balaban J connectivity index is 2.88. The van der Waals surface area contributed by atoms with Crippen molar-refractivity contribution in [2.45, 2.75) is 27.7 Å². The molecule has 0 bridgehead atoms. The number of rotatable bonds is 0. The van der Waals surface area contributed by atoms with Gasteiger partial charge in [-0.2, -0.15) is 0 Å². The molecule has 4 nitrogen and oxygen atoms in total. The highest BCUT2D eigenvalue weighted by molar-refractivity contribution is 5.73. The van der Waals surface area contributed by atoms with Gasteiger partial charge >= 0.3 is 0 Å². The third-order valence-corrected chi connectivity index (χ3v) is 2.93. The Hall–Kier alpha value is -2.62. The van der Waals surface area contributed by atoms with Gasteiger partial charge in [0.2, 0.25) is 0 Å². The van der Waals surface area contributed by atoms with Gasteiger partial charge in [0, 0.05) is 35.2 Å². The monoisotopic (exact) mass is 292 g/mol. The van der Waals surface area contributed by atoms with Crippen LogP contribution in [0, 0.1) is 27.7 Å². The van der Waals surface area contributed by atoms with Gasteiger partial charge in [-0.15, -0.1) is 0 Å². The molecule has 0 amide bonds. The lowest BCUT2D eigenvalue weighted by atomic mass is 10.3. The summed E-state index contributed by atoms with van der Waals surface area (Å²) in [5.41, 5.74) is 5.22. The van der Waals surface area contributed by atoms with Crippen LogP contribution in [-0.2, 0) is 0 Å². The first-order valence-electron chi connectivity index (χ1n) is 7.17. The van der Waals surface area contributed by atoms with E-state index in [1.807, 2.05) is 64.1 Å². The number of hydrogen-bond acceptors (Lipinski definition) is 4. The van der Waals surface area contributed by atoms with Crippen LogP contribution in [0.25, 0.3) is 11.0 Å². The normalized spacial score (nSPS) is 9.82. The van der Waals surface area contributed by atoms with Crippen LogP contribution in [0.1, 0.15) is 22.8 Å². The van der Waals surface area contributed by atoms with Gasteiger partial charge in [-0.05, 0) is 52.0 Å². The zero-order valence-corrected chi connectivity index (χ0v) is 13.4. The van der Waals surface area contributed by atoms with Crippen molar-refractivity contribution in [3.63, 3.8) is 0 Å². The van der Waals surface area contributed by atoms with E-state index in [0.717, 1.165) is 33.8 Å². The topological polar surface area (TPSA) is 51.6 Å². The molecule has 0 spiro atoms. The lowest BCUT2D eigenvalue weighted by Gasteiger charge is -1.95. The fraction of sp³-hybridized carbons (Fsp3) is 0.222. The Labute approximate surface area is 131 Å². The molecule has 0 saturated carbocycles. The Morgan fingerprint density at radius 2 is 1.00 bits per heavy atom. The number of benzene rings is 1. The van der Waals surface area contributed by atoms with Crippen LogP contribution in [0.5, 0.6) is 0 Å². The summed E-state index contributed by atoms with van der Waals surface area (Å²) in [5.74, 6) is 0. The van der Waals surface area contributed by atoms with Gasteiger partial charge < -0.3 is 0 Å². The van der Waals surface area contributed by atoms with Crippen LogP contribution in [0.4, 0.5) is 0 Å². The molecule has 1 heterocycles. The highest BCUT2D eigenvalue weighted by Crippen LogP contribution is 2.06. The molecule has 112 valence electrons. The molecule has 0 N–H and O–H groups in total. The first kappa shape index (κ1) is 15.8. The molecule has 0 fully saturated rings. The maximum Gasteiger partial charge on any atom is 0.0889 e. The van der Waals surface area contributed by atoms with Crippen molar-refractivity contribution in [3.8, 4) is 0 Å². The molecule has 0 aliphatic heterocycles. The third kappa shape index (κ3) is 4.74. The summed E-state index contributed by atoms with van der Waals surface area (Å²) in [6.07, 6.45) is 3.37. The summed E-state index contributed by atoms with van der Waals surface area (Å²) in [6.45, 7) is 7.78. The summed E-state index contributed by atoms with van der Waals surface area (Å²) in [4.78, 5) is 17.9. The van der Waals surface area contributed by atoms with Gasteiger partial charge in [-0.1, -0.05) is 12.1 Å². The van der Waals surface area contributed by atoms with Crippen molar-refractivity contribution >= 4 is 11.0 Å². The second-order valence-electron chi connectivity index (χ2n) is 5.12. The quantitative estimate of drug-likeness (QED) is 0.739. The van der Waals surface area contributed by atoms with E-state index in [1.165, 1.54) is 0 Å². The van der Waals surface area contributed by atoms with Crippen molar-refractivity contribution in [2.24, 2.45) is 0 Å². The van der Waals surface area contributed by atoms with E-state index < -0.39 is 0 Å². The Morgan fingerprint density at radius 1 is 0.591 bits per heavy atom. The van der Waals surface area contributed by atoms with Crippen molar-refractivity contribution in [1.82, 2.24) is 19.9 Å². The van der Waals surface area contributed by atoms with E-state index in [0.29, 0.717) is 0 Å². The van der Waals surface area contributed by atoms with Gasteiger partial charge in [-0.3, -0.25) is 19.9 Å². The average molecular weight is 292 g/mol. The van der Waals surface area contributed by atoms with Crippen molar-refractivity contribution < 1.29 is 0 Å². The molecule has 2 rings (SSSR count). The average Bonchev–Trinajstić information content (AvgIpc) is 2.44. The fourth-order valence-electron chi connectivity index (χ4n) is 2.08. The minimum atomic E-state index is 0.846. The standard InChI is InChI=1S/C18H20N4/c1-13-11-15(3)21-17-7-5-6-8-18(17)22-16(4)12-14(2)20-10-9-19-13/h5-12H,1-4H3. The lowest BCUT2D eigenvalue weighted by molar-refractivity contribution is 1.13. The van der Waals surface area contributed by atoms with Crippen molar-refractivity contribution in [2.75, 3.05) is 0 Å². The SMILES string of the molecule is Cc1cc(C)nc2ccccc2nc(C)cc(C)nccn1. The molecule has 1 aromatic carbocycles. The summed E-state index contributed by atoms with van der Waals surface area (Å²) in [5, 5.41) is 0. The number of fused-ring (bicyclic) bond motifs is 1. The third-order valence-electron chi connectivity index (χ3n) is 2.93. The highest BCUT2D eigenvalue weighted by Gasteiger charge is 1.92. The number of hydrogen-bond donors (Lipinski definition) is 0. The van der Waals surface area contributed by atoms with Crippen LogP contribution < -0.4 is 0 Å². The van der Waals surface area contributed by atoms with E-state index in [1.54, 1.807) is 12.4 Å². The smallest absolute Gasteiger partial charge is 0.0889 e. The predicted octanol–water partition coefficient (Wildman–Crippen LogP) is 3.90. The highest BCUT2D eigenvalue weighted by atomic mass is 14.8. The largest absolute Gasteiger partial charge is 0.260 e. The minimum absolute atomic E-state index is 0.846. The first-order valence-corrected chi connectivity index (χ1v) is 7.17. The first-order chi connectivity index (χ1) is 10.5. The number of aryl methyl sites for hydroxylation is 4. The van der Waals surface area contributed by atoms with E-state index in [-0.39, 0.29) is 0 Å². The molecule has 2 aromatic rings. The predicted molar refractivity (Wildman–Crippen MR) is 89.3 cm³/mol. The second-order valence-corrected chi connectivity index (χ2v) is 5.12. The number of nitrogens with zero attached hydrogens (tertiary/aromatic N) is 4. The molecule has 0 aliphatic rings. The van der Waals surface area contributed by atoms with Gasteiger partial charge in [-0.25, -0.2) is 0 Å². The van der Waals surface area contributed by atoms with E-state index in [9.17, 15) is 0 Å². The number of para-hydroxylation sites is 2. The summed E-state index contributed by atoms with van der Waals surface area (Å²) < 4.78 is 0. The summed E-state index contributed by atoms with van der Waals surface area (Å²) in [6, 6.07) is 11.7. The van der Waals surface area contributed by atoms with Crippen LogP contribution in [-0.4, -0.2) is 19.9 Å². The molecule has 22 heavy (non-hydrogen) atoms. The second kappa shape index (κ2) is 7.41. The zero-order valence-electron chi connectivity index (χ0n) is 13.4. The van der Waals surface area contributed by atoms with E-state index in [4.69, 9.17) is 0 Å². The molecule has 0 aliphatic carbocycles. The van der Waals surface area contributed by atoms with Crippen molar-refractivity contribution in [1.29, 1.82) is 0 Å². The van der Waals surface area contributed by atoms with Crippen LogP contribution in [0.2, 0.25) is 0 Å². The van der Waals surface area contributed by atoms with Crippen LogP contribution in [0.15, 0.2) is 48.8 Å². The molecule has 4 heteroatoms. The van der Waals surface area contributed by atoms with Gasteiger partial charge in [0.25, 0.3) is 0 Å². The lowest BCUT2D eigenvalue weighted by Crippen LogP contribution is -1.85. The Kier molecular flexibility index (Phi) is 5.31. The van der Waals surface area contributed by atoms with Gasteiger partial charge in [0.15, 0.2) is 0 Å². The fourth-order valence-corrected chi connectivity index (χ4v) is 2.08. The molecule has 1 aromatic heterocycles. The molecule has 0 unspecified atom stereocenters. The van der Waals surface area contributed by atoms with E-state index >= 15 is 0 Å². The molecular formula is C18H20N4. The molecule has 0 radical (unpaired) electrons. The van der Waals surface area contributed by atoms with Gasteiger partial charge in [0.1, 0.15) is 0 Å². The van der Waals surface area contributed by atoms with Crippen LogP contribution in [0.3, 0.4) is 0 Å². The van der Waals surface area contributed by atoms with E-state index in [2.05, 4.69) is 19.9 Å². The van der Waals surface area contributed by atoms with Gasteiger partial charge in [0.05, 0.1) is 11.0 Å².